The molecule has 1 aromatic rings. The van der Waals surface area contributed by atoms with Gasteiger partial charge < -0.3 is 4.90 Å². The van der Waals surface area contributed by atoms with Crippen molar-refractivity contribution in [2.45, 2.75) is 0 Å². The van der Waals surface area contributed by atoms with Crippen LogP contribution in [0.25, 0.3) is 0 Å². The number of benzene rings is 1. The summed E-state index contributed by atoms with van der Waals surface area (Å²) in [5.74, 6) is -0.256. The molecule has 0 bridgehead atoms. The van der Waals surface area contributed by atoms with Crippen molar-refractivity contribution >= 4 is 5.91 Å². The molecule has 0 aliphatic rings. The molecule has 0 atom stereocenters. The lowest BCUT2D eigenvalue weighted by Crippen LogP contribution is -2.26. The molecule has 0 fully saturated rings. The number of hydrogen-bond acceptors (Lipinski definition) is 3. The van der Waals surface area contributed by atoms with Gasteiger partial charge in [0.25, 0.3) is 5.91 Å². The lowest BCUT2D eigenvalue weighted by molar-refractivity contribution is 0.0812. The van der Waals surface area contributed by atoms with Crippen molar-refractivity contribution in [3.05, 3.63) is 35.4 Å². The smallest absolute Gasteiger partial charge is 0.254 e. The summed E-state index contributed by atoms with van der Waals surface area (Å²) in [6.45, 7) is 0.0373. The maximum absolute atomic E-state index is 11.7. The van der Waals surface area contributed by atoms with Gasteiger partial charge in [0.1, 0.15) is 6.54 Å². The van der Waals surface area contributed by atoms with Gasteiger partial charge in [-0.2, -0.15) is 10.5 Å². The third-order valence-electron chi connectivity index (χ3n) is 1.89. The third-order valence-corrected chi connectivity index (χ3v) is 1.89. The minimum Gasteiger partial charge on any atom is -0.328 e. The van der Waals surface area contributed by atoms with Crippen LogP contribution >= 0.6 is 0 Å². The predicted octanol–water partition coefficient (Wildman–Crippen LogP) is 1.15. The van der Waals surface area contributed by atoms with Crippen molar-refractivity contribution in [1.29, 1.82) is 10.5 Å². The van der Waals surface area contributed by atoms with Gasteiger partial charge >= 0.3 is 0 Å². The predicted molar refractivity (Wildman–Crippen MR) is 53.7 cm³/mol. The highest BCUT2D eigenvalue weighted by atomic mass is 16.2. The number of carbonyl (C=O) groups is 1. The Morgan fingerprint density at radius 3 is 2.80 bits per heavy atom. The summed E-state index contributed by atoms with van der Waals surface area (Å²) in [5.41, 5.74) is 0.859. The molecule has 1 amide bonds. The van der Waals surface area contributed by atoms with E-state index in [1.807, 2.05) is 12.1 Å². The topological polar surface area (TPSA) is 67.9 Å². The van der Waals surface area contributed by atoms with Crippen LogP contribution in [-0.2, 0) is 0 Å². The number of rotatable bonds is 2. The van der Waals surface area contributed by atoms with E-state index in [0.29, 0.717) is 11.1 Å². The molecule has 1 rings (SSSR count). The first-order valence-electron chi connectivity index (χ1n) is 4.31. The zero-order chi connectivity index (χ0) is 11.3. The minimum absolute atomic E-state index is 0.0373. The molecule has 74 valence electrons. The second-order valence-corrected chi connectivity index (χ2v) is 3.01. The fraction of sp³-hybridized carbons (Fsp3) is 0.182. The Morgan fingerprint density at radius 2 is 2.20 bits per heavy atom. The van der Waals surface area contributed by atoms with Gasteiger partial charge in [-0.05, 0) is 18.2 Å². The zero-order valence-electron chi connectivity index (χ0n) is 8.27. The van der Waals surface area contributed by atoms with Gasteiger partial charge in [0, 0.05) is 12.6 Å². The van der Waals surface area contributed by atoms with Crippen molar-refractivity contribution < 1.29 is 4.79 Å². The Bertz CT molecular complexity index is 454. The van der Waals surface area contributed by atoms with Crippen LogP contribution in [0.2, 0.25) is 0 Å². The monoisotopic (exact) mass is 199 g/mol. The van der Waals surface area contributed by atoms with Crippen LogP contribution in [0, 0.1) is 22.7 Å². The summed E-state index contributed by atoms with van der Waals surface area (Å²) in [6.07, 6.45) is 0. The highest BCUT2D eigenvalue weighted by Gasteiger charge is 2.10. The molecule has 0 saturated heterocycles. The Kier molecular flexibility index (Phi) is 3.43. The van der Waals surface area contributed by atoms with E-state index in [1.165, 1.54) is 11.0 Å². The van der Waals surface area contributed by atoms with E-state index < -0.39 is 0 Å². The van der Waals surface area contributed by atoms with Gasteiger partial charge in [-0.1, -0.05) is 6.07 Å². The summed E-state index contributed by atoms with van der Waals surface area (Å²) in [7, 11) is 1.55. The first-order valence-corrected chi connectivity index (χ1v) is 4.31. The standard InChI is InChI=1S/C11H9N3O/c1-14(6-5-12)11(15)10-4-2-3-9(7-10)8-13/h2-4,7H,6H2,1H3. The Morgan fingerprint density at radius 1 is 1.47 bits per heavy atom. The van der Waals surface area contributed by atoms with E-state index in [9.17, 15) is 4.79 Å². The fourth-order valence-electron chi connectivity index (χ4n) is 1.12. The van der Waals surface area contributed by atoms with Gasteiger partial charge in [-0.3, -0.25) is 4.79 Å². The van der Waals surface area contributed by atoms with E-state index in [4.69, 9.17) is 10.5 Å². The molecule has 1 aromatic carbocycles. The Hall–Kier alpha value is -2.33. The van der Waals surface area contributed by atoms with Crippen LogP contribution in [0.1, 0.15) is 15.9 Å². The molecule has 0 unspecified atom stereocenters. The van der Waals surface area contributed by atoms with Gasteiger partial charge in [0.2, 0.25) is 0 Å². The average Bonchev–Trinajstić information content (AvgIpc) is 2.28. The molecule has 0 spiro atoms. The molecule has 4 heteroatoms. The van der Waals surface area contributed by atoms with Crippen LogP contribution in [-0.4, -0.2) is 24.4 Å². The average molecular weight is 199 g/mol. The van der Waals surface area contributed by atoms with Crippen molar-refractivity contribution in [2.24, 2.45) is 0 Å². The molecular weight excluding hydrogens is 190 g/mol. The molecule has 0 N–H and O–H groups in total. The van der Waals surface area contributed by atoms with Crippen molar-refractivity contribution in [3.8, 4) is 12.1 Å². The highest BCUT2D eigenvalue weighted by Crippen LogP contribution is 2.06. The van der Waals surface area contributed by atoms with Crippen LogP contribution in [0.3, 0.4) is 0 Å². The minimum atomic E-state index is -0.256. The summed E-state index contributed by atoms with van der Waals surface area (Å²) >= 11 is 0. The third kappa shape index (κ3) is 2.55. The quantitative estimate of drug-likeness (QED) is 0.671. The maximum atomic E-state index is 11.7. The summed E-state index contributed by atoms with van der Waals surface area (Å²) in [4.78, 5) is 13.0. The molecule has 0 radical (unpaired) electrons. The molecular formula is C11H9N3O. The van der Waals surface area contributed by atoms with Crippen molar-refractivity contribution in [2.75, 3.05) is 13.6 Å². The van der Waals surface area contributed by atoms with Gasteiger partial charge in [-0.15, -0.1) is 0 Å². The van der Waals surface area contributed by atoms with Crippen molar-refractivity contribution in [3.63, 3.8) is 0 Å². The van der Waals surface area contributed by atoms with Crippen LogP contribution < -0.4 is 0 Å². The summed E-state index contributed by atoms with van der Waals surface area (Å²) in [6, 6.07) is 10.2. The first kappa shape index (κ1) is 10.7. The second kappa shape index (κ2) is 4.78. The fourth-order valence-corrected chi connectivity index (χ4v) is 1.12. The molecule has 15 heavy (non-hydrogen) atoms. The number of amides is 1. The lowest BCUT2D eigenvalue weighted by atomic mass is 10.1. The Labute approximate surface area is 88.0 Å². The molecule has 0 aromatic heterocycles. The van der Waals surface area contributed by atoms with Crippen LogP contribution in [0.5, 0.6) is 0 Å². The number of carbonyl (C=O) groups excluding carboxylic acids is 1. The number of nitriles is 2. The largest absolute Gasteiger partial charge is 0.328 e. The number of nitrogens with zero attached hydrogens (tertiary/aromatic N) is 3. The van der Waals surface area contributed by atoms with E-state index >= 15 is 0 Å². The summed E-state index contributed by atoms with van der Waals surface area (Å²) in [5, 5.41) is 17.1. The highest BCUT2D eigenvalue weighted by molar-refractivity contribution is 5.94. The molecule has 0 aliphatic heterocycles. The molecule has 4 nitrogen and oxygen atoms in total. The van der Waals surface area contributed by atoms with E-state index in [0.717, 1.165) is 0 Å². The Balaban J connectivity index is 2.93. The molecule has 0 saturated carbocycles. The molecule has 0 heterocycles. The van der Waals surface area contributed by atoms with Gasteiger partial charge in [-0.25, -0.2) is 0 Å². The normalized spacial score (nSPS) is 8.73. The van der Waals surface area contributed by atoms with E-state index in [2.05, 4.69) is 0 Å². The van der Waals surface area contributed by atoms with Gasteiger partial charge in [0.15, 0.2) is 0 Å². The molecule has 0 aliphatic carbocycles. The van der Waals surface area contributed by atoms with Crippen LogP contribution in [0.4, 0.5) is 0 Å². The zero-order valence-corrected chi connectivity index (χ0v) is 8.27. The maximum Gasteiger partial charge on any atom is 0.254 e. The first-order chi connectivity index (χ1) is 7.19. The van der Waals surface area contributed by atoms with Crippen molar-refractivity contribution in [1.82, 2.24) is 4.90 Å². The van der Waals surface area contributed by atoms with Gasteiger partial charge in [0.05, 0.1) is 17.7 Å². The number of hydrogen-bond donors (Lipinski definition) is 0. The van der Waals surface area contributed by atoms with E-state index in [-0.39, 0.29) is 12.5 Å². The van der Waals surface area contributed by atoms with E-state index in [1.54, 1.807) is 25.2 Å². The SMILES string of the molecule is CN(CC#N)C(=O)c1cccc(C#N)c1. The lowest BCUT2D eigenvalue weighted by Gasteiger charge is -2.12. The summed E-state index contributed by atoms with van der Waals surface area (Å²) < 4.78 is 0. The second-order valence-electron chi connectivity index (χ2n) is 3.01. The van der Waals surface area contributed by atoms with Crippen LogP contribution in [0.15, 0.2) is 24.3 Å².